The molecule has 4 heteroatoms. The number of rotatable bonds is 34. The summed E-state index contributed by atoms with van der Waals surface area (Å²) in [6.07, 6.45) is 47.2. The van der Waals surface area contributed by atoms with E-state index in [1.165, 1.54) is 121 Å². The molecule has 1 unspecified atom stereocenters. The van der Waals surface area contributed by atoms with Gasteiger partial charge in [-0.15, -0.1) is 0 Å². The summed E-state index contributed by atoms with van der Waals surface area (Å²) in [5.41, 5.74) is 1.19. The maximum absolute atomic E-state index is 12.7. The SMILES string of the molecule is CCCC/C=C\C/C=C\CCCCCCCCC(=O)OCC(N(C)C)N(CCCCCCCC/C=C/C/C=C\CCCCC)c1ccccc1. The van der Waals surface area contributed by atoms with Gasteiger partial charge in [0.05, 0.1) is 0 Å². The summed E-state index contributed by atoms with van der Waals surface area (Å²) in [6, 6.07) is 10.6. The van der Waals surface area contributed by atoms with Crippen LogP contribution in [0, 0.1) is 0 Å². The second-order valence-electron chi connectivity index (χ2n) is 14.2. The van der Waals surface area contributed by atoms with Gasteiger partial charge in [0.15, 0.2) is 0 Å². The second kappa shape index (κ2) is 34.8. The molecule has 0 bridgehead atoms. The molecular weight excluding hydrogens is 613 g/mol. The highest BCUT2D eigenvalue weighted by Gasteiger charge is 2.22. The fourth-order valence-corrected chi connectivity index (χ4v) is 6.16. The zero-order valence-electron chi connectivity index (χ0n) is 33.2. The van der Waals surface area contributed by atoms with E-state index >= 15 is 0 Å². The fourth-order valence-electron chi connectivity index (χ4n) is 6.16. The summed E-state index contributed by atoms with van der Waals surface area (Å²) in [4.78, 5) is 17.3. The quantitative estimate of drug-likeness (QED) is 0.0312. The Hall–Kier alpha value is -2.59. The zero-order chi connectivity index (χ0) is 36.2. The molecule has 0 aliphatic rings. The third-order valence-corrected chi connectivity index (χ3v) is 9.37. The van der Waals surface area contributed by atoms with Crippen LogP contribution in [0.1, 0.15) is 168 Å². The van der Waals surface area contributed by atoms with Gasteiger partial charge < -0.3 is 9.64 Å². The number of hydrogen-bond donors (Lipinski definition) is 0. The first-order valence-corrected chi connectivity index (χ1v) is 20.8. The largest absolute Gasteiger partial charge is 0.462 e. The minimum Gasteiger partial charge on any atom is -0.462 e. The van der Waals surface area contributed by atoms with Crippen LogP contribution in [-0.2, 0) is 9.53 Å². The number of esters is 1. The Balaban J connectivity index is 2.26. The highest BCUT2D eigenvalue weighted by molar-refractivity contribution is 5.69. The van der Waals surface area contributed by atoms with Crippen molar-refractivity contribution in [2.75, 3.05) is 32.1 Å². The van der Waals surface area contributed by atoms with Crippen molar-refractivity contribution in [3.8, 4) is 0 Å². The molecule has 0 saturated heterocycles. The van der Waals surface area contributed by atoms with Crippen molar-refractivity contribution in [3.05, 3.63) is 78.9 Å². The van der Waals surface area contributed by atoms with Crippen molar-refractivity contribution in [2.24, 2.45) is 0 Å². The maximum Gasteiger partial charge on any atom is 0.305 e. The summed E-state index contributed by atoms with van der Waals surface area (Å²) in [6.45, 7) is 5.86. The minimum atomic E-state index is -0.0625. The number of ether oxygens (including phenoxy) is 1. The fraction of sp³-hybridized carbons (Fsp3) is 0.674. The molecule has 1 atom stereocenters. The normalized spacial score (nSPS) is 12.7. The van der Waals surface area contributed by atoms with E-state index in [1.807, 2.05) is 0 Å². The van der Waals surface area contributed by atoms with Gasteiger partial charge in [-0.3, -0.25) is 9.69 Å². The van der Waals surface area contributed by atoms with Crippen LogP contribution in [0.4, 0.5) is 5.69 Å². The van der Waals surface area contributed by atoms with Crippen LogP contribution in [-0.4, -0.2) is 44.3 Å². The number of nitrogens with zero attached hydrogens (tertiary/aromatic N) is 2. The van der Waals surface area contributed by atoms with Crippen LogP contribution in [0.15, 0.2) is 78.9 Å². The van der Waals surface area contributed by atoms with Crippen LogP contribution in [0.5, 0.6) is 0 Å². The van der Waals surface area contributed by atoms with E-state index in [0.29, 0.717) is 13.0 Å². The van der Waals surface area contributed by atoms with Gasteiger partial charge in [-0.05, 0) is 96.9 Å². The molecule has 0 fully saturated rings. The molecule has 0 heterocycles. The molecule has 0 amide bonds. The van der Waals surface area contributed by atoms with Gasteiger partial charge in [-0.25, -0.2) is 0 Å². The Morgan fingerprint density at radius 2 is 1.04 bits per heavy atom. The molecule has 0 saturated carbocycles. The Kier molecular flexibility index (Phi) is 31.7. The molecule has 0 radical (unpaired) electrons. The predicted octanol–water partition coefficient (Wildman–Crippen LogP) is 13.6. The van der Waals surface area contributed by atoms with E-state index < -0.39 is 0 Å². The van der Waals surface area contributed by atoms with Gasteiger partial charge >= 0.3 is 5.97 Å². The first kappa shape index (κ1) is 45.4. The number of allylic oxidation sites excluding steroid dienone is 8. The maximum atomic E-state index is 12.7. The molecule has 0 spiro atoms. The van der Waals surface area contributed by atoms with E-state index in [1.54, 1.807) is 0 Å². The molecular formula is C46H78N2O2. The van der Waals surface area contributed by atoms with Gasteiger partial charge in [0.2, 0.25) is 0 Å². The summed E-state index contributed by atoms with van der Waals surface area (Å²) >= 11 is 0. The van der Waals surface area contributed by atoms with Crippen LogP contribution in [0.2, 0.25) is 0 Å². The molecule has 0 N–H and O–H groups in total. The van der Waals surface area contributed by atoms with E-state index in [-0.39, 0.29) is 12.1 Å². The average Bonchev–Trinajstić information content (AvgIpc) is 3.12. The molecule has 4 nitrogen and oxygen atoms in total. The average molecular weight is 691 g/mol. The van der Waals surface area contributed by atoms with E-state index in [9.17, 15) is 4.79 Å². The minimum absolute atomic E-state index is 0.0189. The topological polar surface area (TPSA) is 32.8 Å². The number of benzene rings is 1. The number of para-hydroxylation sites is 1. The van der Waals surface area contributed by atoms with Crippen LogP contribution in [0.25, 0.3) is 0 Å². The molecule has 1 aromatic carbocycles. The van der Waals surface area contributed by atoms with Gasteiger partial charge in [-0.1, -0.05) is 158 Å². The molecule has 0 aliphatic carbocycles. The first-order chi connectivity index (χ1) is 24.6. The predicted molar refractivity (Wildman–Crippen MR) is 221 cm³/mol. The highest BCUT2D eigenvalue weighted by atomic mass is 16.5. The van der Waals surface area contributed by atoms with E-state index in [0.717, 1.165) is 38.6 Å². The van der Waals surface area contributed by atoms with E-state index in [4.69, 9.17) is 4.74 Å². The van der Waals surface area contributed by atoms with E-state index in [2.05, 4.69) is 117 Å². The Morgan fingerprint density at radius 1 is 0.580 bits per heavy atom. The third kappa shape index (κ3) is 27.2. The van der Waals surface area contributed by atoms with Gasteiger partial charge in [0.25, 0.3) is 0 Å². The van der Waals surface area contributed by atoms with Crippen LogP contribution < -0.4 is 4.90 Å². The second-order valence-corrected chi connectivity index (χ2v) is 14.2. The highest BCUT2D eigenvalue weighted by Crippen LogP contribution is 2.20. The van der Waals surface area contributed by atoms with Gasteiger partial charge in [0, 0.05) is 18.7 Å². The first-order valence-electron chi connectivity index (χ1n) is 20.8. The number of hydrogen-bond acceptors (Lipinski definition) is 4. The molecule has 0 aromatic heterocycles. The van der Waals surface area contributed by atoms with Crippen molar-refractivity contribution < 1.29 is 9.53 Å². The Morgan fingerprint density at radius 3 is 1.56 bits per heavy atom. The van der Waals surface area contributed by atoms with Crippen molar-refractivity contribution in [3.63, 3.8) is 0 Å². The third-order valence-electron chi connectivity index (χ3n) is 9.37. The molecule has 0 aliphatic heterocycles. The molecule has 50 heavy (non-hydrogen) atoms. The molecule has 1 rings (SSSR count). The smallest absolute Gasteiger partial charge is 0.305 e. The number of anilines is 1. The summed E-state index contributed by atoms with van der Waals surface area (Å²) in [7, 11) is 4.18. The summed E-state index contributed by atoms with van der Waals surface area (Å²) in [5, 5.41) is 0. The summed E-state index contributed by atoms with van der Waals surface area (Å²) < 4.78 is 5.88. The standard InChI is InChI=1S/C46H78N2O2/c1-5-7-9-11-13-15-17-19-21-23-25-27-29-31-33-38-42-48(44-39-35-34-36-40-44)45(47(3)4)43-50-46(49)41-37-32-30-28-26-24-22-20-18-16-14-12-10-8-6-2/h12-15,18-21,34-36,39-40,45H,5-11,16-17,22-33,37-38,41-43H2,1-4H3/b14-12-,15-13-,20-18-,21-19+. The summed E-state index contributed by atoms with van der Waals surface area (Å²) in [5.74, 6) is -0.0625. The van der Waals surface area contributed by atoms with Crippen LogP contribution >= 0.6 is 0 Å². The van der Waals surface area contributed by atoms with Crippen molar-refractivity contribution in [1.82, 2.24) is 4.90 Å². The Labute approximate surface area is 310 Å². The van der Waals surface area contributed by atoms with Crippen molar-refractivity contribution in [2.45, 2.75) is 174 Å². The van der Waals surface area contributed by atoms with Crippen molar-refractivity contribution >= 4 is 11.7 Å². The lowest BCUT2D eigenvalue weighted by Gasteiger charge is -2.37. The monoisotopic (exact) mass is 691 g/mol. The number of carbonyl (C=O) groups is 1. The number of carbonyl (C=O) groups excluding carboxylic acids is 1. The lowest BCUT2D eigenvalue weighted by molar-refractivity contribution is -0.145. The molecule has 1 aromatic rings. The number of likely N-dealkylation sites (N-methyl/N-ethyl adjacent to an activating group) is 1. The van der Waals surface area contributed by atoms with Crippen molar-refractivity contribution in [1.29, 1.82) is 0 Å². The zero-order valence-corrected chi connectivity index (χ0v) is 33.2. The Bertz CT molecular complexity index is 997. The van der Waals surface area contributed by atoms with Gasteiger partial charge in [-0.2, -0.15) is 0 Å². The molecule has 284 valence electrons. The number of unbranched alkanes of at least 4 members (excludes halogenated alkanes) is 17. The van der Waals surface area contributed by atoms with Gasteiger partial charge in [0.1, 0.15) is 12.8 Å². The lowest BCUT2D eigenvalue weighted by Crippen LogP contribution is -2.49. The van der Waals surface area contributed by atoms with Crippen LogP contribution in [0.3, 0.4) is 0 Å². The lowest BCUT2D eigenvalue weighted by atomic mass is 10.1.